The molecule has 0 spiro atoms. The van der Waals surface area contributed by atoms with E-state index in [0.29, 0.717) is 24.3 Å². The number of Topliss-reactive ketones (excluding diaryl/α,β-unsaturated/α-hetero) is 1. The molecule has 1 fully saturated rings. The molecule has 3 aromatic rings. The molecule has 178 valence electrons. The van der Waals surface area contributed by atoms with Crippen molar-refractivity contribution in [3.63, 3.8) is 0 Å². The number of ether oxygens (including phenoxy) is 3. The second-order valence-electron chi connectivity index (χ2n) is 7.54. The van der Waals surface area contributed by atoms with E-state index in [1.54, 1.807) is 12.3 Å². The largest absolute Gasteiger partial charge is 0.495 e. The van der Waals surface area contributed by atoms with E-state index in [1.165, 1.54) is 29.6 Å². The van der Waals surface area contributed by atoms with Gasteiger partial charge in [0.1, 0.15) is 10.6 Å². The predicted octanol–water partition coefficient (Wildman–Crippen LogP) is 2.64. The summed E-state index contributed by atoms with van der Waals surface area (Å²) in [5, 5.41) is 0.756. The number of benzene rings is 2. The van der Waals surface area contributed by atoms with E-state index in [-0.39, 0.29) is 29.5 Å². The number of hydrogen-bond acceptors (Lipinski definition) is 7. The molecule has 4 rings (SSSR count). The molecule has 10 heteroatoms. The Morgan fingerprint density at radius 3 is 2.68 bits per heavy atom. The lowest BCUT2D eigenvalue weighted by Crippen LogP contribution is -2.40. The third-order valence-electron chi connectivity index (χ3n) is 5.42. The molecule has 1 aliphatic rings. The van der Waals surface area contributed by atoms with Gasteiger partial charge in [-0.2, -0.15) is 4.31 Å². The van der Waals surface area contributed by atoms with Gasteiger partial charge in [-0.25, -0.2) is 13.2 Å². The Labute approximate surface area is 197 Å². The van der Waals surface area contributed by atoms with Gasteiger partial charge in [0.15, 0.2) is 6.61 Å². The highest BCUT2D eigenvalue weighted by Gasteiger charge is 2.29. The first-order valence-electron chi connectivity index (χ1n) is 10.6. The minimum absolute atomic E-state index is 0.00179. The summed E-state index contributed by atoms with van der Waals surface area (Å²) in [5.74, 6) is -0.848. The number of esters is 1. The number of nitrogens with zero attached hydrogens (tertiary/aromatic N) is 1. The average molecular weight is 485 g/mol. The first-order valence-corrected chi connectivity index (χ1v) is 12.0. The Kier molecular flexibility index (Phi) is 7.11. The monoisotopic (exact) mass is 484 g/mol. The molecule has 1 aliphatic heterocycles. The topological polar surface area (TPSA) is 115 Å². The van der Waals surface area contributed by atoms with Gasteiger partial charge in [-0.15, -0.1) is 0 Å². The zero-order valence-corrected chi connectivity index (χ0v) is 19.3. The van der Waals surface area contributed by atoms with Crippen LogP contribution in [0, 0.1) is 0 Å². The summed E-state index contributed by atoms with van der Waals surface area (Å²) in [4.78, 5) is 27.6. The van der Waals surface area contributed by atoms with Gasteiger partial charge in [0.25, 0.3) is 0 Å². The van der Waals surface area contributed by atoms with Gasteiger partial charge in [0.2, 0.25) is 15.8 Å². The lowest BCUT2D eigenvalue weighted by Gasteiger charge is -2.26. The molecule has 0 unspecified atom stereocenters. The number of hydrogen-bond donors (Lipinski definition) is 1. The van der Waals surface area contributed by atoms with Gasteiger partial charge in [0, 0.05) is 41.8 Å². The van der Waals surface area contributed by atoms with Gasteiger partial charge in [-0.05, 0) is 29.8 Å². The number of morpholine rings is 1. The van der Waals surface area contributed by atoms with Crippen LogP contribution in [-0.4, -0.2) is 69.5 Å². The number of methoxy groups -OCH3 is 1. The van der Waals surface area contributed by atoms with Crippen LogP contribution < -0.4 is 4.74 Å². The minimum Gasteiger partial charge on any atom is -0.495 e. The SMILES string of the molecule is COc1ccc(C=CC(=O)OCC(=O)c2c[nH]c3ccccc23)cc1S(=O)(=O)N1CCOCC1. The summed E-state index contributed by atoms with van der Waals surface area (Å²) in [6.45, 7) is 0.740. The summed E-state index contributed by atoms with van der Waals surface area (Å²) in [6, 6.07) is 11.9. The van der Waals surface area contributed by atoms with Gasteiger partial charge in [0.05, 0.1) is 20.3 Å². The van der Waals surface area contributed by atoms with Crippen LogP contribution in [0.15, 0.2) is 59.6 Å². The van der Waals surface area contributed by atoms with Crippen LogP contribution in [0.25, 0.3) is 17.0 Å². The number of aromatic nitrogens is 1. The van der Waals surface area contributed by atoms with Gasteiger partial charge in [-0.3, -0.25) is 4.79 Å². The number of H-pyrrole nitrogens is 1. The minimum atomic E-state index is -3.80. The van der Waals surface area contributed by atoms with E-state index in [1.807, 2.05) is 24.3 Å². The molecule has 0 aliphatic carbocycles. The lowest BCUT2D eigenvalue weighted by atomic mass is 10.1. The molecule has 0 radical (unpaired) electrons. The average Bonchev–Trinajstić information content (AvgIpc) is 3.30. The normalized spacial score (nSPS) is 15.0. The van der Waals surface area contributed by atoms with Crippen LogP contribution in [0.4, 0.5) is 0 Å². The number of sulfonamides is 1. The number of carbonyl (C=O) groups is 2. The van der Waals surface area contributed by atoms with Crippen LogP contribution >= 0.6 is 0 Å². The molecule has 0 atom stereocenters. The quantitative estimate of drug-likeness (QED) is 0.297. The van der Waals surface area contributed by atoms with Gasteiger partial charge in [-0.1, -0.05) is 24.3 Å². The fraction of sp³-hybridized carbons (Fsp3) is 0.250. The molecule has 1 saturated heterocycles. The van der Waals surface area contributed by atoms with E-state index >= 15 is 0 Å². The Bertz CT molecular complexity index is 1340. The first kappa shape index (κ1) is 23.7. The van der Waals surface area contributed by atoms with Crippen LogP contribution in [-0.2, 0) is 24.3 Å². The fourth-order valence-corrected chi connectivity index (χ4v) is 5.25. The zero-order valence-electron chi connectivity index (χ0n) is 18.5. The van der Waals surface area contributed by atoms with E-state index in [9.17, 15) is 18.0 Å². The molecular weight excluding hydrogens is 460 g/mol. The maximum atomic E-state index is 13.1. The summed E-state index contributed by atoms with van der Waals surface area (Å²) >= 11 is 0. The van der Waals surface area contributed by atoms with Gasteiger partial charge < -0.3 is 19.2 Å². The smallest absolute Gasteiger partial charge is 0.331 e. The van der Waals surface area contributed by atoms with E-state index in [0.717, 1.165) is 17.0 Å². The Balaban J connectivity index is 1.44. The van der Waals surface area contributed by atoms with Crippen molar-refractivity contribution in [3.8, 4) is 5.75 Å². The Morgan fingerprint density at radius 2 is 1.91 bits per heavy atom. The zero-order chi connectivity index (χ0) is 24.1. The van der Waals surface area contributed by atoms with Crippen molar-refractivity contribution in [2.45, 2.75) is 4.90 Å². The van der Waals surface area contributed by atoms with E-state index in [2.05, 4.69) is 4.98 Å². The number of rotatable bonds is 8. The van der Waals surface area contributed by atoms with E-state index < -0.39 is 22.6 Å². The van der Waals surface area contributed by atoms with Crippen molar-refractivity contribution in [1.29, 1.82) is 0 Å². The summed E-state index contributed by atoms with van der Waals surface area (Å²) < 4.78 is 43.0. The van der Waals surface area contributed by atoms with Crippen LogP contribution in [0.5, 0.6) is 5.75 Å². The molecule has 1 N–H and O–H groups in total. The molecule has 0 saturated carbocycles. The van der Waals surface area contributed by atoms with Crippen molar-refractivity contribution >= 4 is 38.8 Å². The van der Waals surface area contributed by atoms with Crippen molar-refractivity contribution in [3.05, 3.63) is 65.9 Å². The number of para-hydroxylation sites is 1. The molecule has 2 heterocycles. The number of aromatic amines is 1. The molecule has 0 bridgehead atoms. The molecular formula is C24H24N2O7S. The summed E-state index contributed by atoms with van der Waals surface area (Å²) in [5.41, 5.74) is 1.73. The molecule has 34 heavy (non-hydrogen) atoms. The van der Waals surface area contributed by atoms with Crippen molar-refractivity contribution in [2.24, 2.45) is 0 Å². The van der Waals surface area contributed by atoms with Crippen LogP contribution in [0.3, 0.4) is 0 Å². The number of nitrogens with one attached hydrogen (secondary N) is 1. The maximum absolute atomic E-state index is 13.1. The third kappa shape index (κ3) is 5.04. The van der Waals surface area contributed by atoms with Gasteiger partial charge >= 0.3 is 5.97 Å². The third-order valence-corrected chi connectivity index (χ3v) is 7.34. The fourth-order valence-electron chi connectivity index (χ4n) is 3.65. The van der Waals surface area contributed by atoms with Crippen molar-refractivity contribution in [2.75, 3.05) is 40.0 Å². The van der Waals surface area contributed by atoms with E-state index in [4.69, 9.17) is 14.2 Å². The maximum Gasteiger partial charge on any atom is 0.331 e. The molecule has 1 aromatic heterocycles. The Hall–Kier alpha value is -3.47. The highest BCUT2D eigenvalue weighted by Crippen LogP contribution is 2.29. The summed E-state index contributed by atoms with van der Waals surface area (Å²) in [7, 11) is -2.41. The Morgan fingerprint density at radius 1 is 1.15 bits per heavy atom. The van der Waals surface area contributed by atoms with Crippen LogP contribution in [0.2, 0.25) is 0 Å². The second-order valence-corrected chi connectivity index (χ2v) is 9.45. The number of carbonyl (C=O) groups excluding carboxylic acids is 2. The van der Waals surface area contributed by atoms with Crippen LogP contribution in [0.1, 0.15) is 15.9 Å². The lowest BCUT2D eigenvalue weighted by molar-refractivity contribution is -0.136. The molecule has 9 nitrogen and oxygen atoms in total. The van der Waals surface area contributed by atoms with Crippen molar-refractivity contribution < 1.29 is 32.2 Å². The second kappa shape index (κ2) is 10.2. The number of ketones is 1. The highest BCUT2D eigenvalue weighted by molar-refractivity contribution is 7.89. The van der Waals surface area contributed by atoms with Crippen molar-refractivity contribution in [1.82, 2.24) is 9.29 Å². The summed E-state index contributed by atoms with van der Waals surface area (Å²) in [6.07, 6.45) is 4.16. The highest BCUT2D eigenvalue weighted by atomic mass is 32.2. The molecule has 0 amide bonds. The first-order chi connectivity index (χ1) is 16.4. The standard InChI is InChI=1S/C24H24N2O7S/c1-31-22-8-6-17(14-23(22)34(29,30)26-10-12-32-13-11-26)7-9-24(28)33-16-21(27)19-15-25-20-5-3-2-4-18(19)20/h2-9,14-15,25H,10-13,16H2,1H3. The molecule has 2 aromatic carbocycles. The predicted molar refractivity (Wildman–Crippen MR) is 125 cm³/mol. The number of fused-ring (bicyclic) bond motifs is 1.